The standard InChI is InChI=1S/C18H25F3N8O2S/c1-22-15-16(23-2)28(3)17(24-15)26-25-13-8-7-12(29-9-5-4-6-10-29)11-14(13)27-32(30,31)18(19,20)21/h7-8,11,27,30-31H,4-6,9-10H2,1-3H3/q-2. The summed E-state index contributed by atoms with van der Waals surface area (Å²) in [5.41, 5.74) is -4.82. The van der Waals surface area contributed by atoms with Crippen LogP contribution in [0.15, 0.2) is 28.4 Å². The highest BCUT2D eigenvalue weighted by atomic mass is 32.3. The summed E-state index contributed by atoms with van der Waals surface area (Å²) in [6.45, 7) is 1.52. The minimum Gasteiger partial charge on any atom is -0.469 e. The molecule has 3 N–H and O–H groups in total. The third kappa shape index (κ3) is 5.02. The van der Waals surface area contributed by atoms with E-state index in [1.807, 2.05) is 9.62 Å². The summed E-state index contributed by atoms with van der Waals surface area (Å²) in [7, 11) is -0.385. The molecule has 1 aliphatic rings. The number of benzene rings is 1. The van der Waals surface area contributed by atoms with E-state index < -0.39 is 16.3 Å². The molecule has 3 rings (SSSR count). The molecule has 10 nitrogen and oxygen atoms in total. The summed E-state index contributed by atoms with van der Waals surface area (Å²) >= 11 is 0. The lowest BCUT2D eigenvalue weighted by molar-refractivity contribution is -0.0518. The average Bonchev–Trinajstić information content (AvgIpc) is 3.07. The van der Waals surface area contributed by atoms with Gasteiger partial charge in [0.2, 0.25) is 0 Å². The van der Waals surface area contributed by atoms with E-state index in [1.54, 1.807) is 27.2 Å². The van der Waals surface area contributed by atoms with Crippen molar-refractivity contribution in [3.05, 3.63) is 28.8 Å². The number of rotatable bonds is 7. The molecule has 1 fully saturated rings. The van der Waals surface area contributed by atoms with E-state index in [0.29, 0.717) is 17.3 Å². The van der Waals surface area contributed by atoms with Crippen LogP contribution in [0.3, 0.4) is 0 Å². The first-order chi connectivity index (χ1) is 15.1. The summed E-state index contributed by atoms with van der Waals surface area (Å²) < 4.78 is 62.0. The molecule has 0 saturated carbocycles. The van der Waals surface area contributed by atoms with Crippen molar-refractivity contribution in [1.82, 2.24) is 9.55 Å². The van der Waals surface area contributed by atoms with Gasteiger partial charge in [0, 0.05) is 18.8 Å². The Kier molecular flexibility index (Phi) is 7.05. The maximum atomic E-state index is 13.1. The molecule has 0 bridgehead atoms. The molecule has 2 aromatic rings. The summed E-state index contributed by atoms with van der Waals surface area (Å²) in [4.78, 5) is 6.21. The van der Waals surface area contributed by atoms with E-state index in [1.165, 1.54) is 16.7 Å². The van der Waals surface area contributed by atoms with Crippen LogP contribution in [0, 0.1) is 0 Å². The minimum absolute atomic E-state index is 0.0111. The number of azo groups is 1. The van der Waals surface area contributed by atoms with Gasteiger partial charge < -0.3 is 25.1 Å². The van der Waals surface area contributed by atoms with Gasteiger partial charge in [-0.05, 0) is 48.2 Å². The van der Waals surface area contributed by atoms with Gasteiger partial charge in [-0.2, -0.15) is 18.3 Å². The predicted octanol–water partition coefficient (Wildman–Crippen LogP) is 6.69. The Bertz CT molecular complexity index is 974. The van der Waals surface area contributed by atoms with Gasteiger partial charge in [-0.1, -0.05) is 32.8 Å². The van der Waals surface area contributed by atoms with Gasteiger partial charge in [0.1, 0.15) is 5.69 Å². The summed E-state index contributed by atoms with van der Waals surface area (Å²) in [6.07, 6.45) is 3.03. The highest BCUT2D eigenvalue weighted by Crippen LogP contribution is 2.56. The first-order valence-electron chi connectivity index (χ1n) is 9.76. The van der Waals surface area contributed by atoms with E-state index in [2.05, 4.69) is 25.8 Å². The lowest BCUT2D eigenvalue weighted by atomic mass is 10.1. The van der Waals surface area contributed by atoms with Gasteiger partial charge in [-0.25, -0.2) is 0 Å². The topological polar surface area (TPSA) is 126 Å². The fourth-order valence-corrected chi connectivity index (χ4v) is 3.89. The van der Waals surface area contributed by atoms with Gasteiger partial charge in [0.05, 0.1) is 11.6 Å². The van der Waals surface area contributed by atoms with Crippen LogP contribution in [-0.4, -0.2) is 51.3 Å². The Hall–Kier alpha value is -2.71. The number of anilines is 2. The van der Waals surface area contributed by atoms with Crippen LogP contribution in [0.1, 0.15) is 19.3 Å². The summed E-state index contributed by atoms with van der Waals surface area (Å²) in [6, 6.07) is 4.60. The van der Waals surface area contributed by atoms with Crippen LogP contribution in [-0.2, 0) is 7.05 Å². The summed E-state index contributed by atoms with van der Waals surface area (Å²) in [5.74, 6) is 0.945. The third-order valence-electron chi connectivity index (χ3n) is 4.97. The molecule has 0 unspecified atom stereocenters. The fraction of sp³-hybridized carbons (Fsp3) is 0.500. The zero-order valence-corrected chi connectivity index (χ0v) is 18.7. The molecular weight excluding hydrogens is 449 g/mol. The van der Waals surface area contributed by atoms with Gasteiger partial charge in [-0.3, -0.25) is 13.8 Å². The van der Waals surface area contributed by atoms with Gasteiger partial charge in [0.25, 0.3) is 0 Å². The van der Waals surface area contributed by atoms with Gasteiger partial charge >= 0.3 is 5.51 Å². The second-order valence-electron chi connectivity index (χ2n) is 7.11. The van der Waals surface area contributed by atoms with Crippen LogP contribution in [0.5, 0.6) is 0 Å². The molecule has 14 heteroatoms. The van der Waals surface area contributed by atoms with E-state index in [4.69, 9.17) is 0 Å². The highest BCUT2D eigenvalue weighted by Gasteiger charge is 2.46. The normalized spacial score (nSPS) is 15.8. The van der Waals surface area contributed by atoms with E-state index in [-0.39, 0.29) is 17.3 Å². The highest BCUT2D eigenvalue weighted by molar-refractivity contribution is 8.26. The summed E-state index contributed by atoms with van der Waals surface area (Å²) in [5, 5.41) is 16.1. The maximum absolute atomic E-state index is 13.1. The van der Waals surface area contributed by atoms with Crippen LogP contribution in [0.4, 0.5) is 47.8 Å². The van der Waals surface area contributed by atoms with Crippen molar-refractivity contribution >= 4 is 45.4 Å². The second kappa shape index (κ2) is 9.42. The van der Waals surface area contributed by atoms with Crippen molar-refractivity contribution in [1.29, 1.82) is 0 Å². The number of aromatic nitrogens is 2. The van der Waals surface area contributed by atoms with Crippen molar-refractivity contribution in [3.63, 3.8) is 0 Å². The maximum Gasteiger partial charge on any atom is 0.514 e. The Morgan fingerprint density at radius 2 is 1.78 bits per heavy atom. The number of imidazole rings is 1. The minimum atomic E-state index is -5.25. The monoisotopic (exact) mass is 474 g/mol. The molecule has 1 aliphatic heterocycles. The number of nitrogens with zero attached hydrogens (tertiary/aromatic N) is 7. The van der Waals surface area contributed by atoms with Crippen LogP contribution in [0.25, 0.3) is 10.6 Å². The molecule has 2 heterocycles. The van der Waals surface area contributed by atoms with Crippen LogP contribution < -0.4 is 9.62 Å². The number of hydrogen-bond donors (Lipinski definition) is 3. The van der Waals surface area contributed by atoms with Crippen LogP contribution >= 0.6 is 10.8 Å². The predicted molar refractivity (Wildman–Crippen MR) is 120 cm³/mol. The molecule has 1 aromatic heterocycles. The molecule has 1 aromatic carbocycles. The van der Waals surface area contributed by atoms with Crippen molar-refractivity contribution in [2.24, 2.45) is 17.3 Å². The first kappa shape index (κ1) is 23.9. The van der Waals surface area contributed by atoms with E-state index >= 15 is 0 Å². The number of hydrogen-bond acceptors (Lipinski definition) is 7. The number of nitrogens with one attached hydrogen (secondary N) is 1. The molecule has 0 radical (unpaired) electrons. The molecule has 0 amide bonds. The molecule has 0 spiro atoms. The molecule has 1 saturated heterocycles. The molecule has 178 valence electrons. The van der Waals surface area contributed by atoms with Crippen LogP contribution in [0.2, 0.25) is 0 Å². The molecular formula is C18H25F3N8O2S-2. The largest absolute Gasteiger partial charge is 0.514 e. The first-order valence-corrected chi connectivity index (χ1v) is 11.3. The molecule has 32 heavy (non-hydrogen) atoms. The van der Waals surface area contributed by atoms with Crippen molar-refractivity contribution in [2.45, 2.75) is 24.8 Å². The Morgan fingerprint density at radius 1 is 1.09 bits per heavy atom. The fourth-order valence-electron chi connectivity index (χ4n) is 3.31. The third-order valence-corrected chi connectivity index (χ3v) is 6.12. The van der Waals surface area contributed by atoms with Crippen molar-refractivity contribution in [3.8, 4) is 0 Å². The van der Waals surface area contributed by atoms with E-state index in [9.17, 15) is 22.3 Å². The lowest BCUT2D eigenvalue weighted by Gasteiger charge is -2.35. The number of piperidine rings is 1. The molecule has 0 atom stereocenters. The molecule has 0 aliphatic carbocycles. The van der Waals surface area contributed by atoms with E-state index in [0.717, 1.165) is 32.4 Å². The average molecular weight is 475 g/mol. The Balaban J connectivity index is 1.98. The number of alkyl halides is 3. The SMILES string of the molecule is C[N-]c1nc(N=Nc2ccc(N3CCCCC3)cc2NS(O)(O)C(F)(F)F)n(C)c1[N-]C. The lowest BCUT2D eigenvalue weighted by Crippen LogP contribution is -2.29. The van der Waals surface area contributed by atoms with Gasteiger partial charge in [0.15, 0.2) is 0 Å². The Morgan fingerprint density at radius 3 is 2.34 bits per heavy atom. The van der Waals surface area contributed by atoms with Crippen molar-refractivity contribution in [2.75, 3.05) is 36.8 Å². The second-order valence-corrected chi connectivity index (χ2v) is 8.88. The van der Waals surface area contributed by atoms with Gasteiger partial charge in [-0.15, -0.1) is 5.11 Å². The smallest absolute Gasteiger partial charge is 0.469 e. The zero-order valence-electron chi connectivity index (χ0n) is 17.8. The zero-order chi connectivity index (χ0) is 23.5. The van der Waals surface area contributed by atoms with Crippen molar-refractivity contribution < 1.29 is 22.3 Å². The quantitative estimate of drug-likeness (QED) is 0.385. The number of halogens is 3. The Labute approximate surface area is 185 Å².